The van der Waals surface area contributed by atoms with Crippen LogP contribution in [0, 0.1) is 12.7 Å². The Balaban J connectivity index is 1.57. The van der Waals surface area contributed by atoms with E-state index in [4.69, 9.17) is 9.47 Å². The number of carbonyl (C=O) groups is 1. The molecule has 0 aliphatic heterocycles. The van der Waals surface area contributed by atoms with Gasteiger partial charge in [0.05, 0.1) is 13.3 Å². The van der Waals surface area contributed by atoms with E-state index < -0.39 is 6.03 Å². The van der Waals surface area contributed by atoms with Crippen LogP contribution in [0.5, 0.6) is 11.5 Å². The van der Waals surface area contributed by atoms with Crippen LogP contribution < -0.4 is 20.2 Å². The molecule has 0 heterocycles. The lowest BCUT2D eigenvalue weighted by molar-refractivity contribution is 0.252. The van der Waals surface area contributed by atoms with Crippen LogP contribution in [0.4, 0.5) is 14.9 Å². The quantitative estimate of drug-likeness (QED) is 0.433. The number of ether oxygens (including phenoxy) is 2. The maximum atomic E-state index is 13.0. The third kappa shape index (κ3) is 5.81. The minimum atomic E-state index is -0.438. The van der Waals surface area contributed by atoms with Gasteiger partial charge >= 0.3 is 6.03 Å². The Morgan fingerprint density at radius 3 is 2.57 bits per heavy atom. The van der Waals surface area contributed by atoms with Crippen LogP contribution in [0.1, 0.15) is 16.7 Å². The fourth-order valence-electron chi connectivity index (χ4n) is 2.65. The van der Waals surface area contributed by atoms with Gasteiger partial charge in [0.25, 0.3) is 0 Å². The molecule has 0 saturated carbocycles. The molecule has 0 spiro atoms. The van der Waals surface area contributed by atoms with Gasteiger partial charge in [0, 0.05) is 5.69 Å². The predicted molar refractivity (Wildman–Crippen MR) is 115 cm³/mol. The van der Waals surface area contributed by atoms with E-state index in [1.165, 1.54) is 25.5 Å². The molecule has 0 saturated heterocycles. The Hall–Kier alpha value is -3.87. The lowest BCUT2D eigenvalue weighted by atomic mass is 10.2. The van der Waals surface area contributed by atoms with E-state index >= 15 is 0 Å². The monoisotopic (exact) mass is 407 g/mol. The largest absolute Gasteiger partial charge is 0.493 e. The normalized spacial score (nSPS) is 10.6. The van der Waals surface area contributed by atoms with Gasteiger partial charge in [-0.1, -0.05) is 30.3 Å². The molecule has 30 heavy (non-hydrogen) atoms. The summed E-state index contributed by atoms with van der Waals surface area (Å²) in [5.41, 5.74) is 5.66. The summed E-state index contributed by atoms with van der Waals surface area (Å²) in [7, 11) is 1.54. The molecule has 0 unspecified atom stereocenters. The van der Waals surface area contributed by atoms with Crippen molar-refractivity contribution < 1.29 is 18.7 Å². The highest BCUT2D eigenvalue weighted by molar-refractivity contribution is 5.91. The number of urea groups is 1. The number of benzene rings is 3. The maximum Gasteiger partial charge on any atom is 0.339 e. The van der Waals surface area contributed by atoms with Gasteiger partial charge in [-0.25, -0.2) is 14.6 Å². The highest BCUT2D eigenvalue weighted by Crippen LogP contribution is 2.28. The van der Waals surface area contributed by atoms with Crippen LogP contribution in [-0.2, 0) is 6.61 Å². The average Bonchev–Trinajstić information content (AvgIpc) is 2.75. The molecule has 0 aliphatic carbocycles. The maximum absolute atomic E-state index is 13.0. The SMILES string of the molecule is COc1cc(C=NNC(=O)Nc2ccccc2C)ccc1OCc1ccc(F)cc1. The molecule has 0 radical (unpaired) electrons. The molecule has 0 bridgehead atoms. The highest BCUT2D eigenvalue weighted by Gasteiger charge is 2.06. The van der Waals surface area contributed by atoms with Gasteiger partial charge in [-0.05, 0) is 60.0 Å². The second kappa shape index (κ2) is 10.1. The van der Waals surface area contributed by atoms with Crippen LogP contribution >= 0.6 is 0 Å². The third-order valence-corrected chi connectivity index (χ3v) is 4.27. The first kappa shape index (κ1) is 20.9. The van der Waals surface area contributed by atoms with Gasteiger partial charge in [-0.3, -0.25) is 0 Å². The van der Waals surface area contributed by atoms with E-state index in [1.807, 2.05) is 31.2 Å². The number of rotatable bonds is 7. The molecular weight excluding hydrogens is 385 g/mol. The molecular formula is C23H22FN3O3. The van der Waals surface area contributed by atoms with E-state index in [0.29, 0.717) is 11.5 Å². The Morgan fingerprint density at radius 2 is 1.83 bits per heavy atom. The fraction of sp³-hybridized carbons (Fsp3) is 0.130. The summed E-state index contributed by atoms with van der Waals surface area (Å²) >= 11 is 0. The Bertz CT molecular complexity index is 1040. The van der Waals surface area contributed by atoms with Crippen molar-refractivity contribution in [1.29, 1.82) is 0 Å². The molecule has 0 aromatic heterocycles. The van der Waals surface area contributed by atoms with Gasteiger partial charge in [0.1, 0.15) is 12.4 Å². The number of nitrogens with zero attached hydrogens (tertiary/aromatic N) is 1. The van der Waals surface area contributed by atoms with Gasteiger partial charge in [0.15, 0.2) is 11.5 Å². The molecule has 0 fully saturated rings. The number of carbonyl (C=O) groups excluding carboxylic acids is 1. The molecule has 0 aliphatic rings. The summed E-state index contributed by atoms with van der Waals surface area (Å²) in [4.78, 5) is 12.0. The van der Waals surface area contributed by atoms with E-state index in [2.05, 4.69) is 15.8 Å². The molecule has 0 atom stereocenters. The molecule has 7 heteroatoms. The van der Waals surface area contributed by atoms with Crippen molar-refractivity contribution in [3.63, 3.8) is 0 Å². The van der Waals surface area contributed by atoms with Crippen molar-refractivity contribution in [2.24, 2.45) is 5.10 Å². The molecule has 154 valence electrons. The fourth-order valence-corrected chi connectivity index (χ4v) is 2.65. The number of aryl methyl sites for hydroxylation is 1. The standard InChI is InChI=1S/C23H22FN3O3/c1-16-5-3-4-6-20(16)26-23(28)27-25-14-18-9-12-21(22(13-18)29-2)30-15-17-7-10-19(24)11-8-17/h3-14H,15H2,1-2H3,(H2,26,27,28). The number of para-hydroxylation sites is 1. The predicted octanol–water partition coefficient (Wildman–Crippen LogP) is 4.88. The zero-order chi connectivity index (χ0) is 21.3. The summed E-state index contributed by atoms with van der Waals surface area (Å²) in [5.74, 6) is 0.774. The number of hydrazone groups is 1. The molecule has 2 amide bonds. The van der Waals surface area contributed by atoms with E-state index in [-0.39, 0.29) is 12.4 Å². The molecule has 3 rings (SSSR count). The average molecular weight is 407 g/mol. The van der Waals surface area contributed by atoms with Gasteiger partial charge in [0.2, 0.25) is 0 Å². The van der Waals surface area contributed by atoms with Gasteiger partial charge in [-0.15, -0.1) is 0 Å². The number of hydrogen-bond acceptors (Lipinski definition) is 4. The van der Waals surface area contributed by atoms with Crippen molar-refractivity contribution in [3.8, 4) is 11.5 Å². The Morgan fingerprint density at radius 1 is 1.07 bits per heavy atom. The lowest BCUT2D eigenvalue weighted by Crippen LogP contribution is -2.24. The van der Waals surface area contributed by atoms with Crippen LogP contribution in [0.25, 0.3) is 0 Å². The number of hydrogen-bond donors (Lipinski definition) is 2. The first-order valence-electron chi connectivity index (χ1n) is 9.26. The Kier molecular flexibility index (Phi) is 7.00. The summed E-state index contributed by atoms with van der Waals surface area (Å²) < 4.78 is 24.1. The van der Waals surface area contributed by atoms with Crippen molar-refractivity contribution in [2.45, 2.75) is 13.5 Å². The number of methoxy groups -OCH3 is 1. The zero-order valence-corrected chi connectivity index (χ0v) is 16.7. The van der Waals surface area contributed by atoms with E-state index in [9.17, 15) is 9.18 Å². The number of anilines is 1. The highest BCUT2D eigenvalue weighted by atomic mass is 19.1. The topological polar surface area (TPSA) is 72.0 Å². The minimum Gasteiger partial charge on any atom is -0.493 e. The van der Waals surface area contributed by atoms with Crippen LogP contribution in [0.3, 0.4) is 0 Å². The first-order valence-corrected chi connectivity index (χ1v) is 9.26. The van der Waals surface area contributed by atoms with Crippen LogP contribution in [-0.4, -0.2) is 19.4 Å². The summed E-state index contributed by atoms with van der Waals surface area (Å²) in [6, 6.07) is 18.4. The third-order valence-electron chi connectivity index (χ3n) is 4.27. The summed E-state index contributed by atoms with van der Waals surface area (Å²) in [6.07, 6.45) is 1.50. The van der Waals surface area contributed by atoms with Crippen LogP contribution in [0.15, 0.2) is 71.8 Å². The van der Waals surface area contributed by atoms with Crippen molar-refractivity contribution in [3.05, 3.63) is 89.2 Å². The molecule has 3 aromatic rings. The second-order valence-corrected chi connectivity index (χ2v) is 6.46. The summed E-state index contributed by atoms with van der Waals surface area (Å²) in [5, 5.41) is 6.69. The van der Waals surface area contributed by atoms with Crippen molar-refractivity contribution >= 4 is 17.9 Å². The number of amides is 2. The molecule has 3 aromatic carbocycles. The Labute approximate surface area is 174 Å². The van der Waals surface area contributed by atoms with Gasteiger partial charge < -0.3 is 14.8 Å². The molecule has 6 nitrogen and oxygen atoms in total. The van der Waals surface area contributed by atoms with Crippen LogP contribution in [0.2, 0.25) is 0 Å². The second-order valence-electron chi connectivity index (χ2n) is 6.46. The minimum absolute atomic E-state index is 0.282. The lowest BCUT2D eigenvalue weighted by Gasteiger charge is -2.11. The smallest absolute Gasteiger partial charge is 0.339 e. The van der Waals surface area contributed by atoms with E-state index in [0.717, 1.165) is 22.4 Å². The number of halogens is 1. The zero-order valence-electron chi connectivity index (χ0n) is 16.7. The van der Waals surface area contributed by atoms with Gasteiger partial charge in [-0.2, -0.15) is 5.10 Å². The summed E-state index contributed by atoms with van der Waals surface area (Å²) in [6.45, 7) is 2.19. The molecule has 2 N–H and O–H groups in total. The van der Waals surface area contributed by atoms with Crippen molar-refractivity contribution in [2.75, 3.05) is 12.4 Å². The first-order chi connectivity index (χ1) is 14.5. The number of nitrogens with one attached hydrogen (secondary N) is 2. The van der Waals surface area contributed by atoms with Crippen molar-refractivity contribution in [1.82, 2.24) is 5.43 Å². The van der Waals surface area contributed by atoms with E-state index in [1.54, 1.807) is 30.3 Å².